The standard InChI is InChI=1S/C16H28N2/c1-5-18(6-2)13-15(4)17-12-11-16-10-8-7-9-14(16)3/h7-10,15,17H,5-6,11-13H2,1-4H3. The fourth-order valence-electron chi connectivity index (χ4n) is 2.28. The molecule has 18 heavy (non-hydrogen) atoms. The molecule has 0 radical (unpaired) electrons. The molecule has 0 saturated heterocycles. The van der Waals surface area contributed by atoms with Crippen molar-refractivity contribution in [3.63, 3.8) is 0 Å². The molecule has 0 aliphatic rings. The molecule has 0 amide bonds. The Morgan fingerprint density at radius 1 is 1.17 bits per heavy atom. The van der Waals surface area contributed by atoms with E-state index in [2.05, 4.69) is 62.2 Å². The predicted molar refractivity (Wildman–Crippen MR) is 80.1 cm³/mol. The summed E-state index contributed by atoms with van der Waals surface area (Å²) in [7, 11) is 0. The van der Waals surface area contributed by atoms with Crippen LogP contribution >= 0.6 is 0 Å². The molecule has 1 rings (SSSR count). The van der Waals surface area contributed by atoms with Gasteiger partial charge in [-0.3, -0.25) is 0 Å². The van der Waals surface area contributed by atoms with Crippen molar-refractivity contribution >= 4 is 0 Å². The normalized spacial score (nSPS) is 12.9. The fraction of sp³-hybridized carbons (Fsp3) is 0.625. The highest BCUT2D eigenvalue weighted by molar-refractivity contribution is 5.25. The Balaban J connectivity index is 2.27. The van der Waals surface area contributed by atoms with Crippen molar-refractivity contribution in [1.82, 2.24) is 10.2 Å². The first-order chi connectivity index (χ1) is 8.67. The number of nitrogens with zero attached hydrogens (tertiary/aromatic N) is 1. The largest absolute Gasteiger partial charge is 0.313 e. The van der Waals surface area contributed by atoms with Crippen molar-refractivity contribution in [1.29, 1.82) is 0 Å². The average molecular weight is 248 g/mol. The Kier molecular flexibility index (Phi) is 6.99. The zero-order valence-corrected chi connectivity index (χ0v) is 12.4. The van der Waals surface area contributed by atoms with Crippen molar-refractivity contribution < 1.29 is 0 Å². The molecule has 0 aromatic heterocycles. The van der Waals surface area contributed by atoms with E-state index < -0.39 is 0 Å². The Labute approximate surface area is 112 Å². The molecule has 0 aliphatic heterocycles. The fourth-order valence-corrected chi connectivity index (χ4v) is 2.28. The summed E-state index contributed by atoms with van der Waals surface area (Å²) in [4.78, 5) is 2.46. The highest BCUT2D eigenvalue weighted by Crippen LogP contribution is 2.06. The molecule has 1 aromatic carbocycles. The van der Waals surface area contributed by atoms with E-state index in [-0.39, 0.29) is 0 Å². The number of hydrogen-bond donors (Lipinski definition) is 1. The zero-order chi connectivity index (χ0) is 13.4. The summed E-state index contributed by atoms with van der Waals surface area (Å²) in [6, 6.07) is 9.21. The number of likely N-dealkylation sites (N-methyl/N-ethyl adjacent to an activating group) is 1. The summed E-state index contributed by atoms with van der Waals surface area (Å²) in [5.74, 6) is 0. The number of nitrogens with one attached hydrogen (secondary N) is 1. The van der Waals surface area contributed by atoms with Crippen LogP contribution in [0.15, 0.2) is 24.3 Å². The van der Waals surface area contributed by atoms with Gasteiger partial charge in [0.2, 0.25) is 0 Å². The van der Waals surface area contributed by atoms with Gasteiger partial charge in [-0.15, -0.1) is 0 Å². The van der Waals surface area contributed by atoms with Gasteiger partial charge in [0.1, 0.15) is 0 Å². The van der Waals surface area contributed by atoms with Gasteiger partial charge >= 0.3 is 0 Å². The Bertz CT molecular complexity index is 332. The molecule has 1 atom stereocenters. The molecule has 1 unspecified atom stereocenters. The van der Waals surface area contributed by atoms with E-state index >= 15 is 0 Å². The maximum atomic E-state index is 3.62. The lowest BCUT2D eigenvalue weighted by atomic mass is 10.1. The molecule has 1 aromatic rings. The van der Waals surface area contributed by atoms with Crippen LogP contribution < -0.4 is 5.32 Å². The van der Waals surface area contributed by atoms with Gasteiger partial charge in [0.05, 0.1) is 0 Å². The minimum atomic E-state index is 0.564. The molecule has 0 saturated carbocycles. The molecule has 0 spiro atoms. The molecule has 1 N–H and O–H groups in total. The second kappa shape index (κ2) is 8.28. The van der Waals surface area contributed by atoms with E-state index in [1.54, 1.807) is 0 Å². The van der Waals surface area contributed by atoms with Gasteiger partial charge in [0.25, 0.3) is 0 Å². The molecule has 2 nitrogen and oxygen atoms in total. The second-order valence-electron chi connectivity index (χ2n) is 5.02. The molecule has 102 valence electrons. The second-order valence-corrected chi connectivity index (χ2v) is 5.02. The Morgan fingerprint density at radius 2 is 1.83 bits per heavy atom. The Morgan fingerprint density at radius 3 is 2.44 bits per heavy atom. The summed E-state index contributed by atoms with van der Waals surface area (Å²) in [6.45, 7) is 13.4. The first-order valence-electron chi connectivity index (χ1n) is 7.17. The van der Waals surface area contributed by atoms with Crippen molar-refractivity contribution in [3.8, 4) is 0 Å². The smallest absolute Gasteiger partial charge is 0.0166 e. The lowest BCUT2D eigenvalue weighted by Crippen LogP contribution is -2.39. The van der Waals surface area contributed by atoms with Crippen LogP contribution in [0.25, 0.3) is 0 Å². The van der Waals surface area contributed by atoms with Crippen LogP contribution in [-0.4, -0.2) is 37.1 Å². The molecule has 2 heteroatoms. The van der Waals surface area contributed by atoms with Crippen LogP contribution in [0.5, 0.6) is 0 Å². The minimum absolute atomic E-state index is 0.564. The summed E-state index contributed by atoms with van der Waals surface area (Å²) in [5, 5.41) is 3.62. The van der Waals surface area contributed by atoms with Crippen molar-refractivity contribution in [3.05, 3.63) is 35.4 Å². The highest BCUT2D eigenvalue weighted by atomic mass is 15.1. The minimum Gasteiger partial charge on any atom is -0.313 e. The molecular formula is C16H28N2. The summed E-state index contributed by atoms with van der Waals surface area (Å²) in [5.41, 5.74) is 2.86. The van der Waals surface area contributed by atoms with Crippen molar-refractivity contribution in [2.45, 2.75) is 40.2 Å². The number of hydrogen-bond acceptors (Lipinski definition) is 2. The topological polar surface area (TPSA) is 15.3 Å². The lowest BCUT2D eigenvalue weighted by Gasteiger charge is -2.23. The van der Waals surface area contributed by atoms with Crippen LogP contribution in [0, 0.1) is 6.92 Å². The first-order valence-corrected chi connectivity index (χ1v) is 7.17. The monoisotopic (exact) mass is 248 g/mol. The maximum Gasteiger partial charge on any atom is 0.0166 e. The van der Waals surface area contributed by atoms with E-state index in [1.807, 2.05) is 0 Å². The van der Waals surface area contributed by atoms with Gasteiger partial charge in [0.15, 0.2) is 0 Å². The van der Waals surface area contributed by atoms with E-state index in [4.69, 9.17) is 0 Å². The Hall–Kier alpha value is -0.860. The molecule has 0 aliphatic carbocycles. The number of aryl methyl sites for hydroxylation is 1. The van der Waals surface area contributed by atoms with E-state index in [0.29, 0.717) is 6.04 Å². The van der Waals surface area contributed by atoms with Gasteiger partial charge in [0, 0.05) is 12.6 Å². The zero-order valence-electron chi connectivity index (χ0n) is 12.4. The quantitative estimate of drug-likeness (QED) is 0.761. The molecular weight excluding hydrogens is 220 g/mol. The lowest BCUT2D eigenvalue weighted by molar-refractivity contribution is 0.272. The van der Waals surface area contributed by atoms with E-state index in [9.17, 15) is 0 Å². The summed E-state index contributed by atoms with van der Waals surface area (Å²) in [6.07, 6.45) is 1.12. The van der Waals surface area contributed by atoms with Gasteiger partial charge < -0.3 is 10.2 Å². The third-order valence-electron chi connectivity index (χ3n) is 3.57. The van der Waals surface area contributed by atoms with Gasteiger partial charge in [-0.2, -0.15) is 0 Å². The van der Waals surface area contributed by atoms with Crippen LogP contribution in [0.4, 0.5) is 0 Å². The van der Waals surface area contributed by atoms with Gasteiger partial charge in [-0.05, 0) is 51.0 Å². The maximum absolute atomic E-state index is 3.62. The van der Waals surface area contributed by atoms with E-state index in [1.165, 1.54) is 11.1 Å². The predicted octanol–water partition coefficient (Wildman–Crippen LogP) is 2.86. The number of benzene rings is 1. The van der Waals surface area contributed by atoms with Gasteiger partial charge in [-0.25, -0.2) is 0 Å². The molecule has 0 heterocycles. The van der Waals surface area contributed by atoms with Crippen LogP contribution in [0.3, 0.4) is 0 Å². The van der Waals surface area contributed by atoms with Gasteiger partial charge in [-0.1, -0.05) is 38.1 Å². The third kappa shape index (κ3) is 5.19. The van der Waals surface area contributed by atoms with Crippen molar-refractivity contribution in [2.24, 2.45) is 0 Å². The highest BCUT2D eigenvalue weighted by Gasteiger charge is 2.06. The first kappa shape index (κ1) is 15.2. The molecule has 0 fully saturated rings. The SMILES string of the molecule is CCN(CC)CC(C)NCCc1ccccc1C. The third-order valence-corrected chi connectivity index (χ3v) is 3.57. The van der Waals surface area contributed by atoms with Crippen molar-refractivity contribution in [2.75, 3.05) is 26.2 Å². The van der Waals surface area contributed by atoms with Crippen LogP contribution in [0.1, 0.15) is 31.9 Å². The van der Waals surface area contributed by atoms with Crippen LogP contribution in [-0.2, 0) is 6.42 Å². The summed E-state index contributed by atoms with van der Waals surface area (Å²) < 4.78 is 0. The molecule has 0 bridgehead atoms. The van der Waals surface area contributed by atoms with Crippen LogP contribution in [0.2, 0.25) is 0 Å². The summed E-state index contributed by atoms with van der Waals surface area (Å²) >= 11 is 0. The average Bonchev–Trinajstić information content (AvgIpc) is 2.38. The van der Waals surface area contributed by atoms with E-state index in [0.717, 1.165) is 32.6 Å². The number of rotatable bonds is 8.